The Morgan fingerprint density at radius 1 is 0.462 bits per heavy atom. The Balaban J connectivity index is 1.85. The summed E-state index contributed by atoms with van der Waals surface area (Å²) in [5.41, 5.74) is 0. The monoisotopic (exact) mass is 753 g/mol. The largest absolute Gasteiger partial charge is 0.394 e. The van der Waals surface area contributed by atoms with Crippen LogP contribution in [-0.2, 0) is 28.4 Å². The topological polar surface area (TPSA) is 197 Å². The molecule has 0 aromatic heterocycles. The summed E-state index contributed by atoms with van der Waals surface area (Å²) in [5.74, 6) is 0. The first-order valence-corrected chi connectivity index (χ1v) is 20.7. The minimum absolute atomic E-state index is 0.187. The Morgan fingerprint density at radius 2 is 0.865 bits per heavy atom. The molecule has 10 atom stereocenters. The van der Waals surface area contributed by atoms with E-state index < -0.39 is 80.7 Å². The van der Waals surface area contributed by atoms with E-state index in [1.807, 2.05) is 0 Å². The van der Waals surface area contributed by atoms with Crippen LogP contribution < -0.4 is 0 Å². The van der Waals surface area contributed by atoms with Gasteiger partial charge in [-0.05, 0) is 12.8 Å². The fourth-order valence-corrected chi connectivity index (χ4v) is 6.80. The van der Waals surface area contributed by atoms with Gasteiger partial charge in [0.05, 0.1) is 26.4 Å². The van der Waals surface area contributed by atoms with E-state index in [1.54, 1.807) is 0 Å². The van der Waals surface area contributed by atoms with Crippen molar-refractivity contribution in [1.29, 1.82) is 0 Å². The molecule has 310 valence electrons. The maximum atomic E-state index is 11.1. The zero-order valence-corrected chi connectivity index (χ0v) is 32.3. The molecule has 2 rings (SSSR count). The highest BCUT2D eigenvalue weighted by Crippen LogP contribution is 2.30. The van der Waals surface area contributed by atoms with Gasteiger partial charge in [0.2, 0.25) is 0 Å². The van der Waals surface area contributed by atoms with Gasteiger partial charge in [-0.1, -0.05) is 129 Å². The Labute approximate surface area is 313 Å². The number of ether oxygens (including phenoxy) is 6. The van der Waals surface area contributed by atoms with Crippen molar-refractivity contribution in [2.24, 2.45) is 0 Å². The summed E-state index contributed by atoms with van der Waals surface area (Å²) < 4.78 is 35.0. The highest BCUT2D eigenvalue weighted by Gasteiger charge is 2.51. The molecular weight excluding hydrogens is 676 g/mol. The van der Waals surface area contributed by atoms with Crippen LogP contribution >= 0.6 is 0 Å². The summed E-state index contributed by atoms with van der Waals surface area (Å²) >= 11 is 0. The zero-order valence-electron chi connectivity index (χ0n) is 32.3. The van der Waals surface area contributed by atoms with Gasteiger partial charge in [0, 0.05) is 13.2 Å². The molecule has 0 aromatic rings. The minimum Gasteiger partial charge on any atom is -0.394 e. The van der Waals surface area contributed by atoms with Gasteiger partial charge in [-0.15, -0.1) is 0 Å². The molecule has 0 spiro atoms. The molecule has 52 heavy (non-hydrogen) atoms. The lowest BCUT2D eigenvalue weighted by Crippen LogP contribution is -2.65. The average molecular weight is 753 g/mol. The van der Waals surface area contributed by atoms with Gasteiger partial charge in [0.15, 0.2) is 12.6 Å². The van der Waals surface area contributed by atoms with Gasteiger partial charge in [-0.3, -0.25) is 0 Å². The van der Waals surface area contributed by atoms with Crippen molar-refractivity contribution in [1.82, 2.24) is 0 Å². The third-order valence-electron chi connectivity index (χ3n) is 10.2. The van der Waals surface area contributed by atoms with Crippen molar-refractivity contribution in [3.05, 3.63) is 0 Å². The van der Waals surface area contributed by atoms with Crippen LogP contribution in [0.5, 0.6) is 0 Å². The summed E-state index contributed by atoms with van der Waals surface area (Å²) in [6, 6.07) is 0. The van der Waals surface area contributed by atoms with Crippen LogP contribution in [0.2, 0.25) is 0 Å². The molecule has 0 aromatic carbocycles. The Hall–Kier alpha value is -0.520. The number of unbranched alkanes of at least 4 members (excludes halogenated alkanes) is 18. The smallest absolute Gasteiger partial charge is 0.187 e. The predicted molar refractivity (Wildman–Crippen MR) is 197 cm³/mol. The summed E-state index contributed by atoms with van der Waals surface area (Å²) in [6.45, 7) is 4.65. The first-order valence-electron chi connectivity index (χ1n) is 20.7. The van der Waals surface area contributed by atoms with E-state index >= 15 is 0 Å². The van der Waals surface area contributed by atoms with E-state index in [-0.39, 0.29) is 13.2 Å². The fraction of sp³-hybridized carbons (Fsp3) is 1.00. The van der Waals surface area contributed by atoms with E-state index in [4.69, 9.17) is 28.4 Å². The molecule has 0 amide bonds. The van der Waals surface area contributed by atoms with Crippen molar-refractivity contribution < 1.29 is 64.2 Å². The van der Waals surface area contributed by atoms with Crippen molar-refractivity contribution in [2.45, 2.75) is 210 Å². The third kappa shape index (κ3) is 18.4. The Morgan fingerprint density at radius 3 is 1.31 bits per heavy atom. The molecule has 7 N–H and O–H groups in total. The van der Waals surface area contributed by atoms with Crippen molar-refractivity contribution >= 4 is 0 Å². The van der Waals surface area contributed by atoms with Crippen molar-refractivity contribution in [3.63, 3.8) is 0 Å². The van der Waals surface area contributed by atoms with Gasteiger partial charge in [-0.2, -0.15) is 0 Å². The van der Waals surface area contributed by atoms with Crippen LogP contribution in [0.15, 0.2) is 0 Å². The number of aliphatic hydroxyl groups is 7. The molecule has 0 saturated carbocycles. The van der Waals surface area contributed by atoms with Crippen LogP contribution in [-0.4, -0.2) is 143 Å². The van der Waals surface area contributed by atoms with Crippen LogP contribution in [0.4, 0.5) is 0 Å². The molecule has 2 aliphatic heterocycles. The third-order valence-corrected chi connectivity index (χ3v) is 10.2. The first-order chi connectivity index (χ1) is 25.3. The highest BCUT2D eigenvalue weighted by molar-refractivity contribution is 4.94. The molecule has 2 heterocycles. The normalized spacial score (nSPS) is 29.7. The number of hydrogen-bond acceptors (Lipinski definition) is 13. The second-order valence-corrected chi connectivity index (χ2v) is 14.8. The van der Waals surface area contributed by atoms with Crippen LogP contribution in [0.1, 0.15) is 142 Å². The summed E-state index contributed by atoms with van der Waals surface area (Å²) in [7, 11) is 0. The van der Waals surface area contributed by atoms with E-state index in [1.165, 1.54) is 103 Å². The molecule has 0 unspecified atom stereocenters. The molecule has 2 fully saturated rings. The molecule has 13 heteroatoms. The Kier molecular flexibility index (Phi) is 27.2. The van der Waals surface area contributed by atoms with Crippen molar-refractivity contribution in [3.8, 4) is 0 Å². The lowest BCUT2D eigenvalue weighted by atomic mass is 9.97. The quantitative estimate of drug-likeness (QED) is 0.0490. The second kappa shape index (κ2) is 29.7. The van der Waals surface area contributed by atoms with Crippen molar-refractivity contribution in [2.75, 3.05) is 39.6 Å². The minimum atomic E-state index is -1.74. The SMILES string of the molecule is CCCCCCCCCCCCOCC(COCCCCCCCCCCCC)O[C@@H]1O[C@H](CO)[C@@H](O[C@H]2O[C@H](CO)[C@@H](O)[C@H](O)[C@H]2O)[C@H](O)[C@H]1O. The van der Waals surface area contributed by atoms with Crippen LogP contribution in [0.3, 0.4) is 0 Å². The second-order valence-electron chi connectivity index (χ2n) is 14.8. The predicted octanol–water partition coefficient (Wildman–Crippen LogP) is 3.87. The van der Waals surface area contributed by atoms with E-state index in [9.17, 15) is 35.7 Å². The highest BCUT2D eigenvalue weighted by atomic mass is 16.7. The first kappa shape index (κ1) is 47.6. The number of aliphatic hydroxyl groups excluding tert-OH is 7. The van der Waals surface area contributed by atoms with Gasteiger partial charge >= 0.3 is 0 Å². The lowest BCUT2D eigenvalue weighted by Gasteiger charge is -2.46. The summed E-state index contributed by atoms with van der Waals surface area (Å²) in [5, 5.41) is 72.3. The van der Waals surface area contributed by atoms with E-state index in [2.05, 4.69) is 13.8 Å². The molecule has 2 aliphatic rings. The Bertz CT molecular complexity index is 793. The lowest BCUT2D eigenvalue weighted by molar-refractivity contribution is -0.364. The molecule has 2 saturated heterocycles. The standard InChI is InChI=1S/C39H76O13/c1-3-5-7-9-11-13-15-17-19-21-23-47-27-29(28-48-24-22-20-18-16-14-12-10-8-6-4-2)49-38-36(46)34(44)37(31(26-41)51-38)52-39-35(45)33(43)32(42)30(25-40)50-39/h29-46H,3-28H2,1-2H3/t30-,31-,32-,33+,34-,35-,36-,37-,38-,39-/m1/s1. The molecule has 0 radical (unpaired) electrons. The average Bonchev–Trinajstić information content (AvgIpc) is 3.15. The van der Waals surface area contributed by atoms with Gasteiger partial charge in [-0.25, -0.2) is 0 Å². The summed E-state index contributed by atoms with van der Waals surface area (Å²) in [6.07, 6.45) is 8.72. The number of rotatable bonds is 32. The zero-order chi connectivity index (χ0) is 38.0. The molecule has 0 aliphatic carbocycles. The van der Waals surface area contributed by atoms with Crippen LogP contribution in [0.25, 0.3) is 0 Å². The van der Waals surface area contributed by atoms with Gasteiger partial charge in [0.25, 0.3) is 0 Å². The summed E-state index contributed by atoms with van der Waals surface area (Å²) in [4.78, 5) is 0. The van der Waals surface area contributed by atoms with E-state index in [0.29, 0.717) is 13.2 Å². The maximum Gasteiger partial charge on any atom is 0.187 e. The van der Waals surface area contributed by atoms with E-state index in [0.717, 1.165) is 25.7 Å². The number of hydrogen-bond donors (Lipinski definition) is 7. The molecular formula is C39H76O13. The van der Waals surface area contributed by atoms with Crippen LogP contribution in [0, 0.1) is 0 Å². The maximum absolute atomic E-state index is 11.1. The fourth-order valence-electron chi connectivity index (χ4n) is 6.80. The molecule has 13 nitrogen and oxygen atoms in total. The molecule has 0 bridgehead atoms. The van der Waals surface area contributed by atoms with Gasteiger partial charge in [0.1, 0.15) is 54.9 Å². The van der Waals surface area contributed by atoms with Gasteiger partial charge < -0.3 is 64.2 Å².